The molecule has 0 unspecified atom stereocenters. The summed E-state index contributed by atoms with van der Waals surface area (Å²) in [6.45, 7) is 3.66. The number of allylic oxidation sites excluding steroid dienone is 1. The predicted molar refractivity (Wildman–Crippen MR) is 128 cm³/mol. The highest BCUT2D eigenvalue weighted by atomic mass is 35.5. The molecule has 0 bridgehead atoms. The number of rotatable bonds is 4. The third kappa shape index (κ3) is 4.16. The largest absolute Gasteiger partial charge is 0.463 e. The zero-order chi connectivity index (χ0) is 23.0. The number of carbonyl (C=O) groups excluding carboxylic acids is 1. The van der Waals surface area contributed by atoms with Crippen molar-refractivity contribution in [3.63, 3.8) is 0 Å². The van der Waals surface area contributed by atoms with Crippen molar-refractivity contribution in [3.05, 3.63) is 99.6 Å². The normalized spacial score (nSPS) is 16.0. The van der Waals surface area contributed by atoms with Gasteiger partial charge in [-0.1, -0.05) is 70.4 Å². The zero-order valence-electron chi connectivity index (χ0n) is 17.1. The number of benzene rings is 2. The highest BCUT2D eigenvalue weighted by molar-refractivity contribution is 7.07. The number of hydrogen-bond donors (Lipinski definition) is 0. The van der Waals surface area contributed by atoms with E-state index in [0.717, 1.165) is 5.56 Å². The van der Waals surface area contributed by atoms with Gasteiger partial charge in [-0.15, -0.1) is 0 Å². The molecule has 0 saturated heterocycles. The first-order chi connectivity index (χ1) is 15.3. The first-order valence-corrected chi connectivity index (χ1v) is 11.7. The Morgan fingerprint density at radius 3 is 2.59 bits per heavy atom. The van der Waals surface area contributed by atoms with Crippen LogP contribution in [-0.2, 0) is 9.53 Å². The predicted octanol–water partition coefficient (Wildman–Crippen LogP) is 4.76. The topological polar surface area (TPSA) is 60.7 Å². The molecular weight excluding hydrogens is 491 g/mol. The van der Waals surface area contributed by atoms with Crippen LogP contribution in [0.4, 0.5) is 0 Å². The molecule has 164 valence electrons. The number of nitrogens with zero attached hydrogens (tertiary/aromatic N) is 2. The Morgan fingerprint density at radius 1 is 1.16 bits per heavy atom. The number of esters is 1. The molecule has 0 N–H and O–H groups in total. The van der Waals surface area contributed by atoms with Crippen molar-refractivity contribution in [1.29, 1.82) is 0 Å². The Hall–Kier alpha value is -2.38. The van der Waals surface area contributed by atoms with Crippen LogP contribution >= 0.6 is 46.1 Å². The van der Waals surface area contributed by atoms with Gasteiger partial charge in [0.2, 0.25) is 0 Å². The number of fused-ring (bicyclic) bond motifs is 1. The van der Waals surface area contributed by atoms with Crippen LogP contribution in [-0.4, -0.2) is 17.1 Å². The standard InChI is InChI=1S/C23H17Cl3N2O3S/c1-3-31-22(30)19-12(2)27-23-28(20(19)14-6-4-5-7-15(14)24)21(29)18(32-23)11-13-8-9-16(25)17(26)10-13/h4-11,20H,3H2,1-2H3/t20-/m0/s1. The summed E-state index contributed by atoms with van der Waals surface area (Å²) in [7, 11) is 0. The molecule has 1 aliphatic rings. The Balaban J connectivity index is 1.98. The van der Waals surface area contributed by atoms with Gasteiger partial charge >= 0.3 is 5.97 Å². The summed E-state index contributed by atoms with van der Waals surface area (Å²) in [5.41, 5.74) is 1.82. The second kappa shape index (κ2) is 9.24. The van der Waals surface area contributed by atoms with Crippen molar-refractivity contribution >= 4 is 58.2 Å². The summed E-state index contributed by atoms with van der Waals surface area (Å²) < 4.78 is 7.21. The van der Waals surface area contributed by atoms with Crippen LogP contribution in [0.25, 0.3) is 6.08 Å². The smallest absolute Gasteiger partial charge is 0.338 e. The van der Waals surface area contributed by atoms with Gasteiger partial charge < -0.3 is 4.74 Å². The summed E-state index contributed by atoms with van der Waals surface area (Å²) in [6, 6.07) is 11.5. The van der Waals surface area contributed by atoms with Crippen molar-refractivity contribution in [2.45, 2.75) is 19.9 Å². The minimum atomic E-state index is -0.755. The highest BCUT2D eigenvalue weighted by Gasteiger charge is 2.34. The van der Waals surface area contributed by atoms with Gasteiger partial charge in [-0.2, -0.15) is 0 Å². The highest BCUT2D eigenvalue weighted by Crippen LogP contribution is 2.34. The Labute approximate surface area is 202 Å². The fourth-order valence-corrected chi connectivity index (χ4v) is 5.13. The molecule has 0 spiro atoms. The maximum absolute atomic E-state index is 13.5. The summed E-state index contributed by atoms with van der Waals surface area (Å²) >= 11 is 19.8. The number of thiazole rings is 1. The molecule has 0 amide bonds. The van der Waals surface area contributed by atoms with E-state index in [-0.39, 0.29) is 17.7 Å². The SMILES string of the molecule is CCOC(=O)C1=C(C)N=c2sc(=Cc3ccc(Cl)c(Cl)c3)c(=O)n2[C@H]1c1ccccc1Cl. The molecule has 2 aromatic carbocycles. The third-order valence-electron chi connectivity index (χ3n) is 4.96. The van der Waals surface area contributed by atoms with Crippen LogP contribution < -0.4 is 14.9 Å². The van der Waals surface area contributed by atoms with Gasteiger partial charge in [0.25, 0.3) is 5.56 Å². The molecule has 0 aliphatic carbocycles. The Bertz CT molecular complexity index is 1440. The van der Waals surface area contributed by atoms with Gasteiger partial charge in [0.15, 0.2) is 4.80 Å². The van der Waals surface area contributed by atoms with Gasteiger partial charge in [-0.3, -0.25) is 9.36 Å². The van der Waals surface area contributed by atoms with Gasteiger partial charge in [0, 0.05) is 5.02 Å². The lowest BCUT2D eigenvalue weighted by Gasteiger charge is -2.25. The van der Waals surface area contributed by atoms with Crippen LogP contribution in [0.3, 0.4) is 0 Å². The number of ether oxygens (including phenoxy) is 1. The number of hydrogen-bond acceptors (Lipinski definition) is 5. The van der Waals surface area contributed by atoms with Crippen LogP contribution in [0.2, 0.25) is 15.1 Å². The molecule has 2 heterocycles. The average Bonchev–Trinajstić information content (AvgIpc) is 3.05. The molecule has 1 aliphatic heterocycles. The zero-order valence-corrected chi connectivity index (χ0v) is 20.1. The lowest BCUT2D eigenvalue weighted by Crippen LogP contribution is -2.40. The molecule has 0 fully saturated rings. The van der Waals surface area contributed by atoms with E-state index in [1.165, 1.54) is 15.9 Å². The van der Waals surface area contributed by atoms with E-state index in [1.54, 1.807) is 56.3 Å². The molecule has 3 aromatic rings. The van der Waals surface area contributed by atoms with Crippen molar-refractivity contribution in [2.75, 3.05) is 6.61 Å². The van der Waals surface area contributed by atoms with Crippen LogP contribution in [0.15, 0.2) is 63.5 Å². The van der Waals surface area contributed by atoms with Gasteiger partial charge in [0.1, 0.15) is 6.04 Å². The van der Waals surface area contributed by atoms with Crippen LogP contribution in [0, 0.1) is 0 Å². The molecule has 5 nitrogen and oxygen atoms in total. The summed E-state index contributed by atoms with van der Waals surface area (Å²) in [5.74, 6) is -0.530. The summed E-state index contributed by atoms with van der Waals surface area (Å²) in [6.07, 6.45) is 1.72. The molecule has 0 radical (unpaired) electrons. The number of halogens is 3. The van der Waals surface area contributed by atoms with Crippen molar-refractivity contribution < 1.29 is 9.53 Å². The van der Waals surface area contributed by atoms with E-state index in [9.17, 15) is 9.59 Å². The fraction of sp³-hybridized carbons (Fsp3) is 0.174. The van der Waals surface area contributed by atoms with Crippen molar-refractivity contribution in [3.8, 4) is 0 Å². The van der Waals surface area contributed by atoms with E-state index >= 15 is 0 Å². The minimum absolute atomic E-state index is 0.201. The van der Waals surface area contributed by atoms with E-state index in [2.05, 4.69) is 4.99 Å². The van der Waals surface area contributed by atoms with E-state index < -0.39 is 12.0 Å². The molecule has 1 aromatic heterocycles. The van der Waals surface area contributed by atoms with E-state index in [0.29, 0.717) is 35.7 Å². The lowest BCUT2D eigenvalue weighted by molar-refractivity contribution is -0.139. The summed E-state index contributed by atoms with van der Waals surface area (Å²) in [4.78, 5) is 31.4. The van der Waals surface area contributed by atoms with Gasteiger partial charge in [-0.05, 0) is 49.2 Å². The number of aromatic nitrogens is 1. The first-order valence-electron chi connectivity index (χ1n) is 9.71. The minimum Gasteiger partial charge on any atom is -0.463 e. The first kappa shape index (κ1) is 22.8. The summed E-state index contributed by atoms with van der Waals surface area (Å²) in [5, 5.41) is 1.26. The molecule has 9 heteroatoms. The van der Waals surface area contributed by atoms with Gasteiger partial charge in [0.05, 0.1) is 32.5 Å². The Morgan fingerprint density at radius 2 is 1.91 bits per heavy atom. The van der Waals surface area contributed by atoms with Crippen molar-refractivity contribution in [2.24, 2.45) is 4.99 Å². The molecule has 0 saturated carbocycles. The maximum Gasteiger partial charge on any atom is 0.338 e. The van der Waals surface area contributed by atoms with Crippen LogP contribution in [0.5, 0.6) is 0 Å². The monoisotopic (exact) mass is 506 g/mol. The third-order valence-corrected chi connectivity index (χ3v) is 7.02. The fourth-order valence-electron chi connectivity index (χ4n) is 3.54. The maximum atomic E-state index is 13.5. The Kier molecular flexibility index (Phi) is 6.58. The second-order valence-corrected chi connectivity index (χ2v) is 9.23. The molecule has 32 heavy (non-hydrogen) atoms. The average molecular weight is 508 g/mol. The molecular formula is C23H17Cl3N2O3S. The second-order valence-electron chi connectivity index (χ2n) is 7.00. The molecule has 4 rings (SSSR count). The number of carbonyl (C=O) groups is 1. The van der Waals surface area contributed by atoms with Crippen molar-refractivity contribution in [1.82, 2.24) is 4.57 Å². The quantitative estimate of drug-likeness (QED) is 0.479. The van der Waals surface area contributed by atoms with Crippen LogP contribution in [0.1, 0.15) is 31.0 Å². The lowest BCUT2D eigenvalue weighted by atomic mass is 9.96. The van der Waals surface area contributed by atoms with E-state index in [1.807, 2.05) is 6.07 Å². The van der Waals surface area contributed by atoms with E-state index in [4.69, 9.17) is 39.5 Å². The van der Waals surface area contributed by atoms with Gasteiger partial charge in [-0.25, -0.2) is 9.79 Å². The molecule has 1 atom stereocenters.